The van der Waals surface area contributed by atoms with Gasteiger partial charge in [-0.05, 0) is 42.0 Å². The number of benzene rings is 2. The molecular weight excluding hydrogens is 334 g/mol. The van der Waals surface area contributed by atoms with Crippen LogP contribution >= 0.6 is 0 Å². The second-order valence-corrected chi connectivity index (χ2v) is 4.78. The van der Waals surface area contributed by atoms with Gasteiger partial charge in [0.1, 0.15) is 11.6 Å². The van der Waals surface area contributed by atoms with E-state index in [1.165, 1.54) is 38.5 Å². The minimum Gasteiger partial charge on any atom is -0.493 e. The summed E-state index contributed by atoms with van der Waals surface area (Å²) in [6, 6.07) is 6.94. The standard InChI is InChI=1S/C18H14F2O5/c1-23-16-9-11(4-8-17(21)24-2)3-7-15(16)25-18(22)13-10-12(19)5-6-14(13)20/h3-10H,1-2H3/b8-4+. The molecule has 0 amide bonds. The SMILES string of the molecule is COC(=O)/C=C/c1ccc(OC(=O)c2cc(F)ccc2F)c(OC)c1. The van der Waals surface area contributed by atoms with Crippen LogP contribution in [-0.2, 0) is 9.53 Å². The lowest BCUT2D eigenvalue weighted by Crippen LogP contribution is -2.11. The highest BCUT2D eigenvalue weighted by Crippen LogP contribution is 2.29. The van der Waals surface area contributed by atoms with Crippen LogP contribution in [0.3, 0.4) is 0 Å². The van der Waals surface area contributed by atoms with Gasteiger partial charge in [-0.3, -0.25) is 0 Å². The number of hydrogen-bond donors (Lipinski definition) is 0. The van der Waals surface area contributed by atoms with E-state index in [0.29, 0.717) is 5.56 Å². The van der Waals surface area contributed by atoms with Gasteiger partial charge in [-0.1, -0.05) is 6.07 Å². The molecule has 0 saturated heterocycles. The lowest BCUT2D eigenvalue weighted by Gasteiger charge is -2.10. The number of methoxy groups -OCH3 is 2. The summed E-state index contributed by atoms with van der Waals surface area (Å²) in [5.74, 6) is -3.06. The van der Waals surface area contributed by atoms with Crippen LogP contribution < -0.4 is 9.47 Å². The first kappa shape index (κ1) is 18.1. The van der Waals surface area contributed by atoms with Crippen LogP contribution in [0.1, 0.15) is 15.9 Å². The van der Waals surface area contributed by atoms with Gasteiger partial charge in [0.2, 0.25) is 0 Å². The average Bonchev–Trinajstić information content (AvgIpc) is 2.62. The zero-order valence-corrected chi connectivity index (χ0v) is 13.4. The second kappa shape index (κ2) is 8.05. The smallest absolute Gasteiger partial charge is 0.346 e. The Bertz CT molecular complexity index is 830. The number of halogens is 2. The summed E-state index contributed by atoms with van der Waals surface area (Å²) < 4.78 is 41.5. The van der Waals surface area contributed by atoms with Crippen LogP contribution in [0, 0.1) is 11.6 Å². The molecule has 0 radical (unpaired) electrons. The Morgan fingerprint density at radius 1 is 1.00 bits per heavy atom. The van der Waals surface area contributed by atoms with Crippen molar-refractivity contribution in [1.82, 2.24) is 0 Å². The number of carbonyl (C=O) groups is 2. The average molecular weight is 348 g/mol. The van der Waals surface area contributed by atoms with Crippen molar-refractivity contribution in [3.63, 3.8) is 0 Å². The molecule has 0 N–H and O–H groups in total. The summed E-state index contributed by atoms with van der Waals surface area (Å²) >= 11 is 0. The van der Waals surface area contributed by atoms with Crippen molar-refractivity contribution in [1.29, 1.82) is 0 Å². The van der Waals surface area contributed by atoms with Crippen LogP contribution in [-0.4, -0.2) is 26.2 Å². The van der Waals surface area contributed by atoms with Crippen LogP contribution in [0.15, 0.2) is 42.5 Å². The molecule has 0 unspecified atom stereocenters. The topological polar surface area (TPSA) is 61.8 Å². The number of hydrogen-bond acceptors (Lipinski definition) is 5. The fourth-order valence-corrected chi connectivity index (χ4v) is 1.91. The molecule has 0 spiro atoms. The Labute approximate surface area is 142 Å². The second-order valence-electron chi connectivity index (χ2n) is 4.78. The monoisotopic (exact) mass is 348 g/mol. The van der Waals surface area contributed by atoms with Gasteiger partial charge in [-0.15, -0.1) is 0 Å². The maximum Gasteiger partial charge on any atom is 0.346 e. The lowest BCUT2D eigenvalue weighted by atomic mass is 10.2. The van der Waals surface area contributed by atoms with Gasteiger partial charge in [-0.25, -0.2) is 18.4 Å². The highest BCUT2D eigenvalue weighted by molar-refractivity contribution is 5.92. The minimum absolute atomic E-state index is 0.0198. The van der Waals surface area contributed by atoms with Crippen LogP contribution in [0.25, 0.3) is 6.08 Å². The zero-order chi connectivity index (χ0) is 18.4. The van der Waals surface area contributed by atoms with Crippen molar-refractivity contribution in [2.75, 3.05) is 14.2 Å². The maximum atomic E-state index is 13.6. The number of esters is 2. The minimum atomic E-state index is -1.06. The predicted molar refractivity (Wildman–Crippen MR) is 85.4 cm³/mol. The number of carbonyl (C=O) groups excluding carboxylic acids is 2. The molecule has 0 atom stereocenters. The van der Waals surface area contributed by atoms with Crippen molar-refractivity contribution in [2.24, 2.45) is 0 Å². The largest absolute Gasteiger partial charge is 0.493 e. The Hall–Kier alpha value is -3.22. The van der Waals surface area contributed by atoms with Gasteiger partial charge in [0, 0.05) is 6.08 Å². The molecule has 5 nitrogen and oxygen atoms in total. The number of rotatable bonds is 5. The Morgan fingerprint density at radius 3 is 2.44 bits per heavy atom. The number of ether oxygens (including phenoxy) is 3. The quantitative estimate of drug-likeness (QED) is 0.471. The molecule has 2 rings (SSSR count). The maximum absolute atomic E-state index is 13.6. The van der Waals surface area contributed by atoms with Gasteiger partial charge in [0.25, 0.3) is 0 Å². The van der Waals surface area contributed by atoms with Gasteiger partial charge in [0.15, 0.2) is 11.5 Å². The Morgan fingerprint density at radius 2 is 1.76 bits per heavy atom. The van der Waals surface area contributed by atoms with E-state index in [-0.39, 0.29) is 11.5 Å². The first-order chi connectivity index (χ1) is 11.9. The molecule has 2 aromatic carbocycles. The Kier molecular flexibility index (Phi) is 5.84. The molecule has 25 heavy (non-hydrogen) atoms. The highest BCUT2D eigenvalue weighted by atomic mass is 19.1. The molecule has 0 bridgehead atoms. The van der Waals surface area contributed by atoms with E-state index < -0.39 is 29.1 Å². The molecule has 0 saturated carbocycles. The molecule has 0 aliphatic carbocycles. The lowest BCUT2D eigenvalue weighted by molar-refractivity contribution is -0.134. The predicted octanol–water partition coefficient (Wildman–Crippen LogP) is 3.38. The van der Waals surface area contributed by atoms with E-state index in [2.05, 4.69) is 4.74 Å². The fraction of sp³-hybridized carbons (Fsp3) is 0.111. The van der Waals surface area contributed by atoms with Crippen molar-refractivity contribution < 1.29 is 32.6 Å². The van der Waals surface area contributed by atoms with Gasteiger partial charge in [0.05, 0.1) is 19.8 Å². The molecule has 0 aliphatic rings. The molecule has 130 valence electrons. The summed E-state index contributed by atoms with van der Waals surface area (Å²) in [5, 5.41) is 0. The van der Waals surface area contributed by atoms with Crippen LogP contribution in [0.4, 0.5) is 8.78 Å². The summed E-state index contributed by atoms with van der Waals surface area (Å²) in [6.45, 7) is 0. The van der Waals surface area contributed by atoms with E-state index in [0.717, 1.165) is 18.2 Å². The third-order valence-electron chi connectivity index (χ3n) is 3.15. The van der Waals surface area contributed by atoms with E-state index in [9.17, 15) is 18.4 Å². The van der Waals surface area contributed by atoms with E-state index >= 15 is 0 Å². The molecule has 0 aromatic heterocycles. The van der Waals surface area contributed by atoms with Crippen LogP contribution in [0.5, 0.6) is 11.5 Å². The molecule has 0 heterocycles. The summed E-state index contributed by atoms with van der Waals surface area (Å²) in [7, 11) is 2.60. The first-order valence-electron chi connectivity index (χ1n) is 7.06. The van der Waals surface area contributed by atoms with Crippen molar-refractivity contribution in [2.45, 2.75) is 0 Å². The normalized spacial score (nSPS) is 10.6. The third kappa shape index (κ3) is 4.63. The Balaban J connectivity index is 2.24. The van der Waals surface area contributed by atoms with Crippen molar-refractivity contribution in [3.8, 4) is 11.5 Å². The molecule has 2 aromatic rings. The molecule has 7 heteroatoms. The summed E-state index contributed by atoms with van der Waals surface area (Å²) in [6.07, 6.45) is 2.69. The zero-order valence-electron chi connectivity index (χ0n) is 13.4. The van der Waals surface area contributed by atoms with Gasteiger partial charge < -0.3 is 14.2 Å². The van der Waals surface area contributed by atoms with E-state index in [1.807, 2.05) is 0 Å². The van der Waals surface area contributed by atoms with E-state index in [1.54, 1.807) is 6.07 Å². The molecular formula is C18H14F2O5. The van der Waals surface area contributed by atoms with Crippen LogP contribution in [0.2, 0.25) is 0 Å². The summed E-state index contributed by atoms with van der Waals surface area (Å²) in [4.78, 5) is 23.1. The fourth-order valence-electron chi connectivity index (χ4n) is 1.91. The van der Waals surface area contributed by atoms with E-state index in [4.69, 9.17) is 9.47 Å². The third-order valence-corrected chi connectivity index (χ3v) is 3.15. The molecule has 0 aliphatic heterocycles. The summed E-state index contributed by atoms with van der Waals surface area (Å²) in [5.41, 5.74) is 0.0516. The molecule has 0 fully saturated rings. The first-order valence-corrected chi connectivity index (χ1v) is 7.06. The van der Waals surface area contributed by atoms with Gasteiger partial charge >= 0.3 is 11.9 Å². The van der Waals surface area contributed by atoms with Crippen molar-refractivity contribution in [3.05, 3.63) is 65.2 Å². The van der Waals surface area contributed by atoms with Gasteiger partial charge in [-0.2, -0.15) is 0 Å². The highest BCUT2D eigenvalue weighted by Gasteiger charge is 2.17. The van der Waals surface area contributed by atoms with Crippen molar-refractivity contribution >= 4 is 18.0 Å².